The van der Waals surface area contributed by atoms with Crippen LogP contribution in [0.25, 0.3) is 0 Å². The molecule has 0 saturated carbocycles. The number of nitrogen functional groups attached to an aromatic ring is 1. The molecule has 0 fully saturated rings. The van der Waals surface area contributed by atoms with E-state index in [0.29, 0.717) is 10.6 Å². The molecule has 2 aromatic rings. The molecule has 0 bridgehead atoms. The van der Waals surface area contributed by atoms with Crippen LogP contribution in [0, 0.1) is 0 Å². The Balaban J connectivity index is 1.83. The first-order valence-corrected chi connectivity index (χ1v) is 9.20. The topological polar surface area (TPSA) is 142 Å². The zero-order valence-electron chi connectivity index (χ0n) is 13.4. The molecule has 0 aliphatic carbocycles. The van der Waals surface area contributed by atoms with Gasteiger partial charge in [-0.15, -0.1) is 0 Å². The van der Waals surface area contributed by atoms with E-state index in [1.165, 1.54) is 42.5 Å². The summed E-state index contributed by atoms with van der Waals surface area (Å²) < 4.78 is 27.2. The highest BCUT2D eigenvalue weighted by Crippen LogP contribution is 2.19. The van der Waals surface area contributed by atoms with Gasteiger partial charge in [0.15, 0.2) is 6.61 Å². The molecule has 2 aromatic carbocycles. The Bertz CT molecular complexity index is 929. The molecule has 0 atom stereocenters. The van der Waals surface area contributed by atoms with Gasteiger partial charge in [-0.05, 0) is 35.9 Å². The van der Waals surface area contributed by atoms with Gasteiger partial charge in [-0.1, -0.05) is 23.7 Å². The second-order valence-corrected chi connectivity index (χ2v) is 7.25. The average Bonchev–Trinajstić information content (AvgIpc) is 2.59. The molecule has 26 heavy (non-hydrogen) atoms. The summed E-state index contributed by atoms with van der Waals surface area (Å²) in [5, 5.41) is 7.86. The van der Waals surface area contributed by atoms with Crippen LogP contribution in [0.2, 0.25) is 5.02 Å². The van der Waals surface area contributed by atoms with Crippen LogP contribution in [-0.2, 0) is 26.1 Å². The number of amides is 1. The fraction of sp³-hybridized carbons (Fsp3) is 0.125. The van der Waals surface area contributed by atoms with Gasteiger partial charge in [0.2, 0.25) is 10.0 Å². The number of hydrogen-bond acceptors (Lipinski definition) is 6. The highest BCUT2D eigenvalue weighted by atomic mass is 35.5. The molecule has 0 saturated heterocycles. The molecule has 0 aliphatic rings. The third-order valence-electron chi connectivity index (χ3n) is 3.31. The van der Waals surface area contributed by atoms with Crippen LogP contribution in [-0.4, -0.2) is 26.9 Å². The van der Waals surface area contributed by atoms with Gasteiger partial charge in [-0.25, -0.2) is 18.4 Å². The van der Waals surface area contributed by atoms with Crippen molar-refractivity contribution in [3.8, 4) is 0 Å². The van der Waals surface area contributed by atoms with Gasteiger partial charge in [-0.2, -0.15) is 0 Å². The molecule has 2 rings (SSSR count). The maximum atomic E-state index is 11.8. The van der Waals surface area contributed by atoms with Crippen LogP contribution >= 0.6 is 11.6 Å². The highest BCUT2D eigenvalue weighted by molar-refractivity contribution is 7.89. The lowest BCUT2D eigenvalue weighted by Gasteiger charge is -2.08. The van der Waals surface area contributed by atoms with Crippen molar-refractivity contribution in [2.75, 3.05) is 12.3 Å². The van der Waals surface area contributed by atoms with E-state index in [-0.39, 0.29) is 22.7 Å². The van der Waals surface area contributed by atoms with Crippen molar-refractivity contribution in [1.82, 2.24) is 5.32 Å². The monoisotopic (exact) mass is 397 g/mol. The van der Waals surface area contributed by atoms with E-state index in [2.05, 4.69) is 5.32 Å². The first kappa shape index (κ1) is 19.7. The van der Waals surface area contributed by atoms with Gasteiger partial charge in [0.1, 0.15) is 0 Å². The molecule has 0 aromatic heterocycles. The van der Waals surface area contributed by atoms with Crippen LogP contribution < -0.4 is 16.2 Å². The minimum absolute atomic E-state index is 0.0243. The number of carbonyl (C=O) groups excluding carboxylic acids is 2. The van der Waals surface area contributed by atoms with Gasteiger partial charge in [0.25, 0.3) is 5.91 Å². The molecule has 10 heteroatoms. The molecule has 0 unspecified atom stereocenters. The third-order valence-corrected chi connectivity index (χ3v) is 4.58. The number of ether oxygens (including phenoxy) is 1. The maximum absolute atomic E-state index is 11.8. The zero-order valence-corrected chi connectivity index (χ0v) is 15.0. The fourth-order valence-corrected chi connectivity index (χ4v) is 2.57. The molecule has 1 amide bonds. The summed E-state index contributed by atoms with van der Waals surface area (Å²) in [4.78, 5) is 23.6. The van der Waals surface area contributed by atoms with Crippen LogP contribution in [0.5, 0.6) is 0 Å². The van der Waals surface area contributed by atoms with Crippen molar-refractivity contribution in [2.24, 2.45) is 5.14 Å². The number of rotatable bonds is 6. The predicted octanol–water partition coefficient (Wildman–Crippen LogP) is 1.04. The van der Waals surface area contributed by atoms with Gasteiger partial charge >= 0.3 is 5.97 Å². The summed E-state index contributed by atoms with van der Waals surface area (Å²) in [5.41, 5.74) is 6.66. The van der Waals surface area contributed by atoms with Crippen molar-refractivity contribution in [2.45, 2.75) is 11.4 Å². The largest absolute Gasteiger partial charge is 0.452 e. The number of esters is 1. The Labute approximate surface area is 155 Å². The van der Waals surface area contributed by atoms with Crippen molar-refractivity contribution in [1.29, 1.82) is 0 Å². The lowest BCUT2D eigenvalue weighted by Crippen LogP contribution is -2.28. The van der Waals surface area contributed by atoms with Crippen molar-refractivity contribution in [3.05, 3.63) is 58.6 Å². The number of primary sulfonamides is 1. The smallest absolute Gasteiger partial charge is 0.338 e. The SMILES string of the molecule is Nc1cc(C(=O)OCC(=O)NCc2ccc(S(N)(=O)=O)cc2)ccc1Cl. The molecule has 0 aliphatic heterocycles. The fourth-order valence-electron chi connectivity index (χ4n) is 1.93. The standard InChI is InChI=1S/C16H16ClN3O5S/c17-13-6-3-11(7-14(13)18)16(22)25-9-15(21)20-8-10-1-4-12(5-2-10)26(19,23)24/h1-7H,8-9,18H2,(H,20,21)(H2,19,23,24). The number of hydrogen-bond donors (Lipinski definition) is 3. The van der Waals surface area contributed by atoms with Crippen molar-refractivity contribution < 1.29 is 22.7 Å². The normalized spacial score (nSPS) is 11.0. The summed E-state index contributed by atoms with van der Waals surface area (Å²) in [6.07, 6.45) is 0. The Kier molecular flexibility index (Phi) is 6.19. The number of anilines is 1. The predicted molar refractivity (Wildman–Crippen MR) is 95.8 cm³/mol. The first-order valence-electron chi connectivity index (χ1n) is 7.27. The molecule has 0 spiro atoms. The van der Waals surface area contributed by atoms with E-state index in [1.54, 1.807) is 0 Å². The Morgan fingerprint density at radius 2 is 1.77 bits per heavy atom. The molecular weight excluding hydrogens is 382 g/mol. The van der Waals surface area contributed by atoms with Crippen LogP contribution in [0.1, 0.15) is 15.9 Å². The number of halogens is 1. The molecule has 8 nitrogen and oxygen atoms in total. The lowest BCUT2D eigenvalue weighted by molar-refractivity contribution is -0.124. The zero-order chi connectivity index (χ0) is 19.3. The average molecular weight is 398 g/mol. The van der Waals surface area contributed by atoms with Crippen molar-refractivity contribution >= 4 is 39.2 Å². The summed E-state index contributed by atoms with van der Waals surface area (Å²) in [6.45, 7) is -0.341. The van der Waals surface area contributed by atoms with E-state index >= 15 is 0 Å². The van der Waals surface area contributed by atoms with Gasteiger partial charge in [0, 0.05) is 6.54 Å². The Morgan fingerprint density at radius 1 is 1.12 bits per heavy atom. The molecular formula is C16H16ClN3O5S. The van der Waals surface area contributed by atoms with Crippen LogP contribution in [0.4, 0.5) is 5.69 Å². The number of carbonyl (C=O) groups is 2. The number of nitrogens with two attached hydrogens (primary N) is 2. The van der Waals surface area contributed by atoms with E-state index in [0.717, 1.165) is 0 Å². The summed E-state index contributed by atoms with van der Waals surface area (Å²) in [7, 11) is -3.76. The quantitative estimate of drug-likeness (QED) is 0.491. The third kappa shape index (κ3) is 5.45. The van der Waals surface area contributed by atoms with Gasteiger partial charge in [-0.3, -0.25) is 4.79 Å². The van der Waals surface area contributed by atoms with E-state index < -0.39 is 28.5 Å². The molecule has 138 valence electrons. The highest BCUT2D eigenvalue weighted by Gasteiger charge is 2.12. The first-order chi connectivity index (χ1) is 12.2. The second-order valence-electron chi connectivity index (χ2n) is 5.28. The van der Waals surface area contributed by atoms with E-state index in [9.17, 15) is 18.0 Å². The van der Waals surface area contributed by atoms with Gasteiger partial charge in [0.05, 0.1) is 21.2 Å². The van der Waals surface area contributed by atoms with E-state index in [4.69, 9.17) is 27.2 Å². The molecule has 5 N–H and O–H groups in total. The lowest BCUT2D eigenvalue weighted by atomic mass is 10.2. The minimum atomic E-state index is -3.76. The summed E-state index contributed by atoms with van der Waals surface area (Å²) in [6, 6.07) is 9.95. The second kappa shape index (κ2) is 8.17. The number of sulfonamides is 1. The number of nitrogens with one attached hydrogen (secondary N) is 1. The summed E-state index contributed by atoms with van der Waals surface area (Å²) in [5.74, 6) is -1.23. The molecule has 0 radical (unpaired) electrons. The summed E-state index contributed by atoms with van der Waals surface area (Å²) >= 11 is 5.77. The van der Waals surface area contributed by atoms with Crippen LogP contribution in [0.15, 0.2) is 47.4 Å². The van der Waals surface area contributed by atoms with E-state index in [1.807, 2.05) is 0 Å². The molecule has 0 heterocycles. The van der Waals surface area contributed by atoms with Gasteiger partial charge < -0.3 is 15.8 Å². The van der Waals surface area contributed by atoms with Crippen LogP contribution in [0.3, 0.4) is 0 Å². The number of benzene rings is 2. The Morgan fingerprint density at radius 3 is 2.35 bits per heavy atom. The minimum Gasteiger partial charge on any atom is -0.452 e. The maximum Gasteiger partial charge on any atom is 0.338 e. The van der Waals surface area contributed by atoms with Crippen molar-refractivity contribution in [3.63, 3.8) is 0 Å². The Hall–Kier alpha value is -2.62.